The zero-order valence-electron chi connectivity index (χ0n) is 13.1. The zero-order chi connectivity index (χ0) is 15.6. The third kappa shape index (κ3) is 4.45. The predicted octanol–water partition coefficient (Wildman–Crippen LogP) is 5.70. The minimum atomic E-state index is -0.109. The highest BCUT2D eigenvalue weighted by molar-refractivity contribution is 7.99. The Kier molecular flexibility index (Phi) is 4.95. The van der Waals surface area contributed by atoms with Crippen molar-refractivity contribution in [2.45, 2.75) is 55.9 Å². The van der Waals surface area contributed by atoms with Crippen molar-refractivity contribution < 1.29 is 0 Å². The quantitative estimate of drug-likeness (QED) is 0.678. The van der Waals surface area contributed by atoms with Gasteiger partial charge in [-0.3, -0.25) is 0 Å². The van der Waals surface area contributed by atoms with E-state index < -0.39 is 0 Å². The van der Waals surface area contributed by atoms with Crippen LogP contribution in [-0.2, 0) is 5.41 Å². The van der Waals surface area contributed by atoms with Gasteiger partial charge in [0.15, 0.2) is 0 Å². The molecule has 0 spiro atoms. The number of hydrogen-bond donors (Lipinski definition) is 0. The molecule has 1 heterocycles. The van der Waals surface area contributed by atoms with Gasteiger partial charge in [0.2, 0.25) is 0 Å². The summed E-state index contributed by atoms with van der Waals surface area (Å²) in [6.07, 6.45) is 0. The van der Waals surface area contributed by atoms with E-state index in [0.717, 1.165) is 15.7 Å². The van der Waals surface area contributed by atoms with Crippen LogP contribution in [0.4, 0.5) is 0 Å². The van der Waals surface area contributed by atoms with E-state index >= 15 is 0 Å². The second-order valence-corrected chi connectivity index (χ2v) is 7.91. The van der Waals surface area contributed by atoms with E-state index in [1.54, 1.807) is 11.8 Å². The van der Waals surface area contributed by atoms with Gasteiger partial charge in [0, 0.05) is 16.4 Å². The number of hydrogen-bond acceptors (Lipinski definition) is 3. The van der Waals surface area contributed by atoms with E-state index in [2.05, 4.69) is 68.9 Å². The van der Waals surface area contributed by atoms with Gasteiger partial charge in [-0.1, -0.05) is 70.1 Å². The predicted molar refractivity (Wildman–Crippen MR) is 90.4 cm³/mol. The average molecular weight is 321 g/mol. The fourth-order valence-electron chi connectivity index (χ4n) is 1.83. The maximum absolute atomic E-state index is 6.12. The Balaban J connectivity index is 2.25. The first-order valence-electron chi connectivity index (χ1n) is 7.08. The van der Waals surface area contributed by atoms with Gasteiger partial charge in [0.1, 0.15) is 16.0 Å². The normalized spacial score (nSPS) is 12.0. The Morgan fingerprint density at radius 1 is 1.05 bits per heavy atom. The third-order valence-corrected chi connectivity index (χ3v) is 4.23. The molecule has 2 rings (SSSR count). The van der Waals surface area contributed by atoms with E-state index in [9.17, 15) is 0 Å². The molecular formula is C17H21ClN2S. The minimum absolute atomic E-state index is 0.109. The van der Waals surface area contributed by atoms with Gasteiger partial charge in [-0.05, 0) is 23.6 Å². The zero-order valence-corrected chi connectivity index (χ0v) is 14.7. The largest absolute Gasteiger partial charge is 0.226 e. The van der Waals surface area contributed by atoms with Gasteiger partial charge < -0.3 is 0 Å². The minimum Gasteiger partial charge on any atom is -0.226 e. The summed E-state index contributed by atoms with van der Waals surface area (Å²) in [7, 11) is 0. The Hall–Kier alpha value is -1.06. The Labute approximate surface area is 136 Å². The van der Waals surface area contributed by atoms with Crippen LogP contribution in [0.5, 0.6) is 0 Å². The topological polar surface area (TPSA) is 25.8 Å². The molecule has 0 aliphatic heterocycles. The second kappa shape index (κ2) is 6.37. The van der Waals surface area contributed by atoms with E-state index in [-0.39, 0.29) is 5.41 Å². The van der Waals surface area contributed by atoms with Gasteiger partial charge in [-0.25, -0.2) is 9.97 Å². The van der Waals surface area contributed by atoms with Crippen molar-refractivity contribution in [2.24, 2.45) is 0 Å². The van der Waals surface area contributed by atoms with Crippen molar-refractivity contribution in [3.8, 4) is 0 Å². The van der Waals surface area contributed by atoms with Crippen molar-refractivity contribution in [2.75, 3.05) is 0 Å². The molecular weight excluding hydrogens is 300 g/mol. The summed E-state index contributed by atoms with van der Waals surface area (Å²) < 4.78 is 0. The molecule has 0 amide bonds. The summed E-state index contributed by atoms with van der Waals surface area (Å²) in [4.78, 5) is 10.1. The van der Waals surface area contributed by atoms with Crippen molar-refractivity contribution in [1.29, 1.82) is 0 Å². The monoisotopic (exact) mass is 320 g/mol. The van der Waals surface area contributed by atoms with E-state index in [1.165, 1.54) is 5.56 Å². The summed E-state index contributed by atoms with van der Waals surface area (Å²) in [5, 5.41) is 1.38. The smallest absolute Gasteiger partial charge is 0.136 e. The fourth-order valence-corrected chi connectivity index (χ4v) is 2.89. The highest BCUT2D eigenvalue weighted by atomic mass is 35.5. The molecule has 0 unspecified atom stereocenters. The molecule has 1 aromatic heterocycles. The summed E-state index contributed by atoms with van der Waals surface area (Å²) in [6, 6.07) is 10.4. The number of benzene rings is 1. The van der Waals surface area contributed by atoms with Gasteiger partial charge >= 0.3 is 0 Å². The number of nitrogens with zero attached hydrogens (tertiary/aromatic N) is 2. The summed E-state index contributed by atoms with van der Waals surface area (Å²) in [5.74, 6) is 1.32. The summed E-state index contributed by atoms with van der Waals surface area (Å²) >= 11 is 7.74. The molecule has 0 bridgehead atoms. The average Bonchev–Trinajstić information content (AvgIpc) is 2.37. The lowest BCUT2D eigenvalue weighted by molar-refractivity contribution is 0.538. The number of halogens is 1. The Bertz CT molecular complexity index is 616. The lowest BCUT2D eigenvalue weighted by Crippen LogP contribution is -2.16. The fraction of sp³-hybridized carbons (Fsp3) is 0.412. The van der Waals surface area contributed by atoms with Crippen LogP contribution >= 0.6 is 23.4 Å². The third-order valence-electron chi connectivity index (χ3n) is 3.11. The number of rotatable bonds is 3. The van der Waals surface area contributed by atoms with E-state index in [0.29, 0.717) is 11.1 Å². The molecule has 112 valence electrons. The highest BCUT2D eigenvalue weighted by Gasteiger charge is 2.19. The Morgan fingerprint density at radius 3 is 2.19 bits per heavy atom. The van der Waals surface area contributed by atoms with Crippen LogP contribution in [0, 0.1) is 0 Å². The van der Waals surface area contributed by atoms with Crippen LogP contribution in [0.2, 0.25) is 5.15 Å². The van der Waals surface area contributed by atoms with E-state index in [1.807, 2.05) is 6.07 Å². The van der Waals surface area contributed by atoms with Crippen LogP contribution < -0.4 is 0 Å². The van der Waals surface area contributed by atoms with Crippen molar-refractivity contribution >= 4 is 23.4 Å². The highest BCUT2D eigenvalue weighted by Crippen LogP contribution is 2.30. The van der Waals surface area contributed by atoms with Gasteiger partial charge in [-0.15, -0.1) is 0 Å². The van der Waals surface area contributed by atoms with Crippen LogP contribution in [-0.4, -0.2) is 9.97 Å². The summed E-state index contributed by atoms with van der Waals surface area (Å²) in [5.41, 5.74) is 1.23. The molecule has 21 heavy (non-hydrogen) atoms. The molecule has 0 N–H and O–H groups in total. The molecule has 1 aromatic carbocycles. The molecule has 0 aliphatic rings. The van der Waals surface area contributed by atoms with Crippen LogP contribution in [0.15, 0.2) is 40.3 Å². The molecule has 4 heteroatoms. The number of aromatic nitrogens is 2. The van der Waals surface area contributed by atoms with Crippen molar-refractivity contribution in [3.63, 3.8) is 0 Å². The van der Waals surface area contributed by atoms with Gasteiger partial charge in [-0.2, -0.15) is 0 Å². The molecule has 0 saturated carbocycles. The van der Waals surface area contributed by atoms with Crippen molar-refractivity contribution in [3.05, 3.63) is 46.9 Å². The lowest BCUT2D eigenvalue weighted by atomic mass is 9.96. The van der Waals surface area contributed by atoms with Crippen molar-refractivity contribution in [1.82, 2.24) is 9.97 Å². The molecule has 0 fully saturated rings. The summed E-state index contributed by atoms with van der Waals surface area (Å²) in [6.45, 7) is 10.7. The molecule has 2 aromatic rings. The van der Waals surface area contributed by atoms with Crippen LogP contribution in [0.25, 0.3) is 0 Å². The SMILES string of the molecule is CC(C)c1ccc(Sc2cc(Cl)nc(C(C)(C)C)n2)cc1. The molecule has 0 aliphatic carbocycles. The molecule has 0 saturated heterocycles. The molecule has 0 atom stereocenters. The first-order chi connectivity index (χ1) is 9.75. The van der Waals surface area contributed by atoms with Crippen LogP contribution in [0.3, 0.4) is 0 Å². The lowest BCUT2D eigenvalue weighted by Gasteiger charge is -2.17. The van der Waals surface area contributed by atoms with Crippen LogP contribution in [0.1, 0.15) is 51.9 Å². The first-order valence-corrected chi connectivity index (χ1v) is 8.28. The van der Waals surface area contributed by atoms with E-state index in [4.69, 9.17) is 11.6 Å². The maximum Gasteiger partial charge on any atom is 0.136 e. The standard InChI is InChI=1S/C17H21ClN2S/c1-11(2)12-6-8-13(9-7-12)21-15-10-14(18)19-16(20-15)17(3,4)5/h6-11H,1-5H3. The Morgan fingerprint density at radius 2 is 1.67 bits per heavy atom. The van der Waals surface area contributed by atoms with Gasteiger partial charge in [0.25, 0.3) is 0 Å². The second-order valence-electron chi connectivity index (χ2n) is 6.43. The van der Waals surface area contributed by atoms with Gasteiger partial charge in [0.05, 0.1) is 0 Å². The molecule has 0 radical (unpaired) electrons. The maximum atomic E-state index is 6.12. The first kappa shape index (κ1) is 16.3. The molecule has 2 nitrogen and oxygen atoms in total.